The maximum Gasteiger partial charge on any atom is 0.339 e. The Morgan fingerprint density at radius 1 is 1.32 bits per heavy atom. The third kappa shape index (κ3) is 3.62. The fourth-order valence-corrected chi connectivity index (χ4v) is 2.78. The number of methoxy groups -OCH3 is 1. The van der Waals surface area contributed by atoms with Crippen LogP contribution in [0.1, 0.15) is 15.2 Å². The average molecular weight is 316 g/mol. The summed E-state index contributed by atoms with van der Waals surface area (Å²) in [5.41, 5.74) is 1.10. The average Bonchev–Trinajstić information content (AvgIpc) is 2.81. The van der Waals surface area contributed by atoms with Gasteiger partial charge in [0.25, 0.3) is 0 Å². The van der Waals surface area contributed by atoms with Gasteiger partial charge in [-0.05, 0) is 30.3 Å². The van der Waals surface area contributed by atoms with E-state index in [9.17, 15) is 4.79 Å². The lowest BCUT2D eigenvalue weighted by Crippen LogP contribution is -2.07. The molecule has 6 heteroatoms. The molecule has 0 fully saturated rings. The van der Waals surface area contributed by atoms with Crippen molar-refractivity contribution >= 4 is 46.2 Å². The first-order valence-corrected chi connectivity index (χ1v) is 7.03. The largest absolute Gasteiger partial charge is 0.465 e. The molecule has 19 heavy (non-hydrogen) atoms. The lowest BCUT2D eigenvalue weighted by molar-refractivity contribution is 0.0602. The van der Waals surface area contributed by atoms with Crippen molar-refractivity contribution in [1.82, 2.24) is 0 Å². The van der Waals surface area contributed by atoms with Crippen LogP contribution in [-0.4, -0.2) is 13.1 Å². The van der Waals surface area contributed by atoms with Crippen LogP contribution >= 0.6 is 34.5 Å². The van der Waals surface area contributed by atoms with Crippen molar-refractivity contribution in [2.45, 2.75) is 6.54 Å². The van der Waals surface area contributed by atoms with Crippen molar-refractivity contribution in [2.24, 2.45) is 0 Å². The first kappa shape index (κ1) is 14.2. The SMILES string of the molecule is COC(=O)c1ccc(Cl)cc1NCc1ccc(Cl)s1. The van der Waals surface area contributed by atoms with Gasteiger partial charge in [0.05, 0.1) is 22.7 Å². The zero-order valence-corrected chi connectivity index (χ0v) is 12.4. The highest BCUT2D eigenvalue weighted by Crippen LogP contribution is 2.25. The van der Waals surface area contributed by atoms with Crippen LogP contribution in [0.4, 0.5) is 5.69 Å². The van der Waals surface area contributed by atoms with Crippen molar-refractivity contribution in [3.8, 4) is 0 Å². The van der Waals surface area contributed by atoms with E-state index in [1.165, 1.54) is 18.4 Å². The van der Waals surface area contributed by atoms with Crippen molar-refractivity contribution < 1.29 is 9.53 Å². The van der Waals surface area contributed by atoms with Gasteiger partial charge in [-0.1, -0.05) is 23.2 Å². The highest BCUT2D eigenvalue weighted by molar-refractivity contribution is 7.16. The summed E-state index contributed by atoms with van der Waals surface area (Å²) in [4.78, 5) is 12.7. The zero-order chi connectivity index (χ0) is 13.8. The molecule has 0 radical (unpaired) electrons. The zero-order valence-electron chi connectivity index (χ0n) is 10.1. The van der Waals surface area contributed by atoms with Gasteiger partial charge in [0.15, 0.2) is 0 Å². The molecule has 0 spiro atoms. The minimum atomic E-state index is -0.400. The number of carbonyl (C=O) groups excluding carboxylic acids is 1. The second-order valence-corrected chi connectivity index (χ2v) is 5.98. The molecule has 0 atom stereocenters. The van der Waals surface area contributed by atoms with Gasteiger partial charge in [-0.3, -0.25) is 0 Å². The topological polar surface area (TPSA) is 38.3 Å². The molecule has 1 aromatic heterocycles. The number of nitrogens with one attached hydrogen (secondary N) is 1. The Labute approximate surface area is 125 Å². The second kappa shape index (κ2) is 6.28. The van der Waals surface area contributed by atoms with E-state index in [2.05, 4.69) is 5.32 Å². The molecule has 100 valence electrons. The van der Waals surface area contributed by atoms with Gasteiger partial charge in [0.2, 0.25) is 0 Å². The maximum atomic E-state index is 11.6. The van der Waals surface area contributed by atoms with Crippen molar-refractivity contribution in [3.63, 3.8) is 0 Å². The van der Waals surface area contributed by atoms with Crippen LogP contribution in [0.2, 0.25) is 9.36 Å². The van der Waals surface area contributed by atoms with Gasteiger partial charge in [0, 0.05) is 16.4 Å². The van der Waals surface area contributed by atoms with Crippen LogP contribution in [0.25, 0.3) is 0 Å². The summed E-state index contributed by atoms with van der Waals surface area (Å²) in [6.45, 7) is 0.571. The number of hydrogen-bond acceptors (Lipinski definition) is 4. The van der Waals surface area contributed by atoms with Gasteiger partial charge < -0.3 is 10.1 Å². The van der Waals surface area contributed by atoms with Crippen LogP contribution in [0.5, 0.6) is 0 Å². The number of carbonyl (C=O) groups is 1. The van der Waals surface area contributed by atoms with E-state index in [1.54, 1.807) is 18.2 Å². The molecular formula is C13H11Cl2NO2S. The van der Waals surface area contributed by atoms with E-state index in [4.69, 9.17) is 27.9 Å². The molecule has 0 aliphatic heterocycles. The van der Waals surface area contributed by atoms with E-state index in [1.807, 2.05) is 12.1 Å². The molecule has 1 aromatic carbocycles. The monoisotopic (exact) mass is 315 g/mol. The van der Waals surface area contributed by atoms with Crippen LogP contribution in [0, 0.1) is 0 Å². The Morgan fingerprint density at radius 2 is 2.11 bits per heavy atom. The number of rotatable bonds is 4. The van der Waals surface area contributed by atoms with Gasteiger partial charge in [0.1, 0.15) is 0 Å². The Kier molecular flexibility index (Phi) is 4.69. The number of esters is 1. The molecule has 1 N–H and O–H groups in total. The number of halogens is 2. The molecule has 0 amide bonds. The van der Waals surface area contributed by atoms with Gasteiger partial charge in [-0.2, -0.15) is 0 Å². The highest BCUT2D eigenvalue weighted by Gasteiger charge is 2.12. The Morgan fingerprint density at radius 3 is 2.74 bits per heavy atom. The molecule has 0 unspecified atom stereocenters. The predicted octanol–water partition coefficient (Wildman–Crippen LogP) is 4.45. The molecule has 0 saturated heterocycles. The quantitative estimate of drug-likeness (QED) is 0.847. The minimum absolute atomic E-state index is 0.400. The maximum absolute atomic E-state index is 11.6. The Balaban J connectivity index is 2.18. The van der Waals surface area contributed by atoms with E-state index >= 15 is 0 Å². The number of thiophene rings is 1. The van der Waals surface area contributed by atoms with Gasteiger partial charge in [-0.25, -0.2) is 4.79 Å². The molecular weight excluding hydrogens is 305 g/mol. The van der Waals surface area contributed by atoms with E-state index in [-0.39, 0.29) is 0 Å². The first-order valence-electron chi connectivity index (χ1n) is 5.46. The van der Waals surface area contributed by atoms with Crippen LogP contribution < -0.4 is 5.32 Å². The fraction of sp³-hybridized carbons (Fsp3) is 0.154. The molecule has 0 aliphatic rings. The van der Waals surface area contributed by atoms with E-state index in [0.29, 0.717) is 22.8 Å². The summed E-state index contributed by atoms with van der Waals surface area (Å²) < 4.78 is 5.46. The molecule has 0 bridgehead atoms. The minimum Gasteiger partial charge on any atom is -0.465 e. The Hall–Kier alpha value is -1.23. The van der Waals surface area contributed by atoms with Gasteiger partial charge in [-0.15, -0.1) is 11.3 Å². The third-order valence-corrected chi connectivity index (χ3v) is 3.94. The molecule has 0 aliphatic carbocycles. The number of benzene rings is 1. The molecule has 1 heterocycles. The lowest BCUT2D eigenvalue weighted by Gasteiger charge is -2.10. The van der Waals surface area contributed by atoms with Crippen LogP contribution in [0.3, 0.4) is 0 Å². The standard InChI is InChI=1S/C13H11Cl2NO2S/c1-18-13(17)10-4-2-8(14)6-11(10)16-7-9-3-5-12(15)19-9/h2-6,16H,7H2,1H3. The summed E-state index contributed by atoms with van der Waals surface area (Å²) >= 11 is 13.3. The summed E-state index contributed by atoms with van der Waals surface area (Å²) in [5, 5.41) is 3.72. The van der Waals surface area contributed by atoms with Crippen molar-refractivity contribution in [3.05, 3.63) is 50.1 Å². The lowest BCUT2D eigenvalue weighted by atomic mass is 10.2. The smallest absolute Gasteiger partial charge is 0.339 e. The molecule has 0 saturated carbocycles. The predicted molar refractivity (Wildman–Crippen MR) is 79.4 cm³/mol. The van der Waals surface area contributed by atoms with Crippen LogP contribution in [-0.2, 0) is 11.3 Å². The van der Waals surface area contributed by atoms with E-state index in [0.717, 1.165) is 9.21 Å². The summed E-state index contributed by atoms with van der Waals surface area (Å²) in [6, 6.07) is 8.76. The number of hydrogen-bond donors (Lipinski definition) is 1. The van der Waals surface area contributed by atoms with Crippen molar-refractivity contribution in [1.29, 1.82) is 0 Å². The third-order valence-electron chi connectivity index (χ3n) is 2.47. The van der Waals surface area contributed by atoms with Crippen LogP contribution in [0.15, 0.2) is 30.3 Å². The molecule has 2 rings (SSSR count). The van der Waals surface area contributed by atoms with E-state index < -0.39 is 5.97 Å². The number of ether oxygens (including phenoxy) is 1. The van der Waals surface area contributed by atoms with Gasteiger partial charge >= 0.3 is 5.97 Å². The second-order valence-electron chi connectivity index (χ2n) is 3.74. The Bertz CT molecular complexity index is 598. The normalized spacial score (nSPS) is 10.3. The molecule has 3 nitrogen and oxygen atoms in total. The first-order chi connectivity index (χ1) is 9.10. The van der Waals surface area contributed by atoms with Crippen molar-refractivity contribution in [2.75, 3.05) is 12.4 Å². The summed E-state index contributed by atoms with van der Waals surface area (Å²) in [5.74, 6) is -0.400. The summed E-state index contributed by atoms with van der Waals surface area (Å²) in [6.07, 6.45) is 0. The molecule has 2 aromatic rings. The summed E-state index contributed by atoms with van der Waals surface area (Å²) in [7, 11) is 1.35. The highest BCUT2D eigenvalue weighted by atomic mass is 35.5. The fourth-order valence-electron chi connectivity index (χ4n) is 1.58. The number of anilines is 1.